The molecule has 0 saturated carbocycles. The van der Waals surface area contributed by atoms with Gasteiger partial charge in [0.2, 0.25) is 5.91 Å². The van der Waals surface area contributed by atoms with Gasteiger partial charge < -0.3 is 10.6 Å². The third-order valence-corrected chi connectivity index (χ3v) is 3.29. The van der Waals surface area contributed by atoms with E-state index in [0.717, 1.165) is 25.1 Å². The summed E-state index contributed by atoms with van der Waals surface area (Å²) in [7, 11) is 0. The van der Waals surface area contributed by atoms with E-state index < -0.39 is 0 Å². The van der Waals surface area contributed by atoms with Crippen molar-refractivity contribution in [2.75, 3.05) is 13.1 Å². The van der Waals surface area contributed by atoms with Gasteiger partial charge in [0.1, 0.15) is 5.82 Å². The van der Waals surface area contributed by atoms with E-state index >= 15 is 0 Å². The molecular formula is C14H19FN2O. The summed E-state index contributed by atoms with van der Waals surface area (Å²) in [5, 5.41) is 6.23. The molecule has 1 aromatic carbocycles. The number of hydrogen-bond donors (Lipinski definition) is 2. The Kier molecular flexibility index (Phi) is 4.31. The fraction of sp³-hybridized carbons (Fsp3) is 0.500. The Morgan fingerprint density at radius 2 is 2.44 bits per heavy atom. The highest BCUT2D eigenvalue weighted by Gasteiger charge is 2.20. The molecule has 2 rings (SSSR count). The van der Waals surface area contributed by atoms with Crippen molar-refractivity contribution < 1.29 is 9.18 Å². The minimum absolute atomic E-state index is 0.0490. The second-order valence-corrected chi connectivity index (χ2v) is 4.93. The number of nitrogens with one attached hydrogen (secondary N) is 2. The van der Waals surface area contributed by atoms with Gasteiger partial charge in [-0.1, -0.05) is 19.1 Å². The molecule has 1 amide bonds. The van der Waals surface area contributed by atoms with Crippen LogP contribution in [0.5, 0.6) is 0 Å². The van der Waals surface area contributed by atoms with Gasteiger partial charge in [0.05, 0.1) is 0 Å². The molecule has 2 atom stereocenters. The van der Waals surface area contributed by atoms with Gasteiger partial charge in [0.15, 0.2) is 0 Å². The van der Waals surface area contributed by atoms with Crippen molar-refractivity contribution in [1.82, 2.24) is 10.6 Å². The molecule has 1 aliphatic heterocycles. The molecule has 2 unspecified atom stereocenters. The molecule has 2 N–H and O–H groups in total. The molecule has 1 saturated heterocycles. The lowest BCUT2D eigenvalue weighted by molar-refractivity contribution is -0.125. The number of rotatable bonds is 4. The molecule has 4 heteroatoms. The molecule has 0 aromatic heterocycles. The summed E-state index contributed by atoms with van der Waals surface area (Å²) >= 11 is 0. The second kappa shape index (κ2) is 5.96. The molecule has 1 aliphatic rings. The molecule has 1 heterocycles. The fourth-order valence-corrected chi connectivity index (χ4v) is 2.23. The Hall–Kier alpha value is -1.42. The summed E-state index contributed by atoms with van der Waals surface area (Å²) in [6.45, 7) is 3.68. The molecule has 0 aliphatic carbocycles. The van der Waals surface area contributed by atoms with Crippen LogP contribution in [0.15, 0.2) is 24.3 Å². The zero-order valence-electron chi connectivity index (χ0n) is 10.6. The SMILES string of the molecule is CC(Cc1cccc(F)c1)C(=O)NC1CCNC1. The van der Waals surface area contributed by atoms with Crippen LogP contribution < -0.4 is 10.6 Å². The number of carbonyl (C=O) groups is 1. The highest BCUT2D eigenvalue weighted by molar-refractivity contribution is 5.78. The van der Waals surface area contributed by atoms with Gasteiger partial charge in [0, 0.05) is 18.5 Å². The molecule has 98 valence electrons. The minimum Gasteiger partial charge on any atom is -0.352 e. The van der Waals surface area contributed by atoms with E-state index in [-0.39, 0.29) is 23.7 Å². The van der Waals surface area contributed by atoms with Gasteiger partial charge in [-0.05, 0) is 37.1 Å². The Labute approximate surface area is 107 Å². The summed E-state index contributed by atoms with van der Waals surface area (Å²) in [5.41, 5.74) is 0.863. The largest absolute Gasteiger partial charge is 0.352 e. The second-order valence-electron chi connectivity index (χ2n) is 4.93. The first-order valence-electron chi connectivity index (χ1n) is 6.40. The van der Waals surface area contributed by atoms with Crippen LogP contribution in [-0.2, 0) is 11.2 Å². The van der Waals surface area contributed by atoms with Crippen LogP contribution >= 0.6 is 0 Å². The van der Waals surface area contributed by atoms with E-state index in [4.69, 9.17) is 0 Å². The van der Waals surface area contributed by atoms with Crippen LogP contribution in [0.2, 0.25) is 0 Å². The predicted molar refractivity (Wildman–Crippen MR) is 68.7 cm³/mol. The molecule has 0 spiro atoms. The van der Waals surface area contributed by atoms with Gasteiger partial charge in [-0.25, -0.2) is 4.39 Å². The molecule has 1 fully saturated rings. The highest BCUT2D eigenvalue weighted by Crippen LogP contribution is 2.11. The minimum atomic E-state index is -0.250. The Morgan fingerprint density at radius 3 is 3.11 bits per heavy atom. The van der Waals surface area contributed by atoms with E-state index in [1.54, 1.807) is 6.07 Å². The van der Waals surface area contributed by atoms with Crippen molar-refractivity contribution in [2.24, 2.45) is 5.92 Å². The van der Waals surface area contributed by atoms with E-state index in [9.17, 15) is 9.18 Å². The average molecular weight is 250 g/mol. The molecule has 0 radical (unpaired) electrons. The smallest absolute Gasteiger partial charge is 0.223 e. The van der Waals surface area contributed by atoms with Gasteiger partial charge in [-0.3, -0.25) is 4.79 Å². The summed E-state index contributed by atoms with van der Waals surface area (Å²) in [4.78, 5) is 12.0. The average Bonchev–Trinajstić information content (AvgIpc) is 2.81. The summed E-state index contributed by atoms with van der Waals surface area (Å²) < 4.78 is 13.0. The maximum absolute atomic E-state index is 13.0. The van der Waals surface area contributed by atoms with Gasteiger partial charge in [0.25, 0.3) is 0 Å². The third kappa shape index (κ3) is 3.53. The first kappa shape index (κ1) is 13.0. The van der Waals surface area contributed by atoms with Crippen LogP contribution in [0.3, 0.4) is 0 Å². The molecule has 0 bridgehead atoms. The summed E-state index contributed by atoms with van der Waals surface area (Å²) in [6, 6.07) is 6.67. The molecule has 1 aromatic rings. The van der Waals surface area contributed by atoms with E-state index in [2.05, 4.69) is 10.6 Å². The molecular weight excluding hydrogens is 231 g/mol. The Bertz CT molecular complexity index is 416. The van der Waals surface area contributed by atoms with Crippen LogP contribution in [0.1, 0.15) is 18.9 Å². The normalized spacial score (nSPS) is 20.7. The fourth-order valence-electron chi connectivity index (χ4n) is 2.23. The maximum Gasteiger partial charge on any atom is 0.223 e. The number of amides is 1. The van der Waals surface area contributed by atoms with Crippen LogP contribution in [0.4, 0.5) is 4.39 Å². The number of benzene rings is 1. The van der Waals surface area contributed by atoms with Crippen LogP contribution in [-0.4, -0.2) is 25.0 Å². The summed E-state index contributed by atoms with van der Waals surface area (Å²) in [6.07, 6.45) is 1.56. The Balaban J connectivity index is 1.86. The predicted octanol–water partition coefficient (Wildman–Crippen LogP) is 1.48. The first-order valence-corrected chi connectivity index (χ1v) is 6.40. The van der Waals surface area contributed by atoms with Crippen molar-refractivity contribution in [2.45, 2.75) is 25.8 Å². The monoisotopic (exact) mass is 250 g/mol. The van der Waals surface area contributed by atoms with Crippen molar-refractivity contribution in [1.29, 1.82) is 0 Å². The summed E-state index contributed by atoms with van der Waals surface area (Å²) in [5.74, 6) is -0.333. The lowest BCUT2D eigenvalue weighted by atomic mass is 10.00. The lowest BCUT2D eigenvalue weighted by Gasteiger charge is -2.16. The van der Waals surface area contributed by atoms with Crippen molar-refractivity contribution in [3.8, 4) is 0 Å². The van der Waals surface area contributed by atoms with E-state index in [1.165, 1.54) is 12.1 Å². The maximum atomic E-state index is 13.0. The zero-order chi connectivity index (χ0) is 13.0. The standard InChI is InChI=1S/C14H19FN2O/c1-10(7-11-3-2-4-12(15)8-11)14(18)17-13-5-6-16-9-13/h2-4,8,10,13,16H,5-7,9H2,1H3,(H,17,18). The first-order chi connectivity index (χ1) is 8.65. The lowest BCUT2D eigenvalue weighted by Crippen LogP contribution is -2.39. The van der Waals surface area contributed by atoms with Crippen molar-refractivity contribution in [3.05, 3.63) is 35.6 Å². The van der Waals surface area contributed by atoms with E-state index in [0.29, 0.717) is 6.42 Å². The zero-order valence-corrected chi connectivity index (χ0v) is 10.6. The van der Waals surface area contributed by atoms with Crippen molar-refractivity contribution in [3.63, 3.8) is 0 Å². The van der Waals surface area contributed by atoms with Crippen LogP contribution in [0.25, 0.3) is 0 Å². The quantitative estimate of drug-likeness (QED) is 0.850. The van der Waals surface area contributed by atoms with Crippen LogP contribution in [0, 0.1) is 11.7 Å². The molecule has 3 nitrogen and oxygen atoms in total. The number of halogens is 1. The molecule has 18 heavy (non-hydrogen) atoms. The highest BCUT2D eigenvalue weighted by atomic mass is 19.1. The van der Waals surface area contributed by atoms with Gasteiger partial charge in [-0.15, -0.1) is 0 Å². The number of carbonyl (C=O) groups excluding carboxylic acids is 1. The third-order valence-electron chi connectivity index (χ3n) is 3.29. The topological polar surface area (TPSA) is 41.1 Å². The van der Waals surface area contributed by atoms with Gasteiger partial charge >= 0.3 is 0 Å². The van der Waals surface area contributed by atoms with Gasteiger partial charge in [-0.2, -0.15) is 0 Å². The number of hydrogen-bond acceptors (Lipinski definition) is 2. The van der Waals surface area contributed by atoms with E-state index in [1.807, 2.05) is 13.0 Å². The van der Waals surface area contributed by atoms with Crippen molar-refractivity contribution >= 4 is 5.91 Å². The Morgan fingerprint density at radius 1 is 1.61 bits per heavy atom.